The van der Waals surface area contributed by atoms with Crippen molar-refractivity contribution in [2.45, 2.75) is 12.1 Å². The second-order valence-corrected chi connectivity index (χ2v) is 3.81. The van der Waals surface area contributed by atoms with Crippen molar-refractivity contribution in [3.63, 3.8) is 0 Å². The van der Waals surface area contributed by atoms with Crippen molar-refractivity contribution in [2.24, 2.45) is 5.11 Å². The van der Waals surface area contributed by atoms with E-state index >= 15 is 0 Å². The van der Waals surface area contributed by atoms with Crippen LogP contribution in [0.3, 0.4) is 0 Å². The molecule has 1 aliphatic rings. The Morgan fingerprint density at radius 3 is 3.12 bits per heavy atom. The van der Waals surface area contributed by atoms with Gasteiger partial charge in [0.1, 0.15) is 6.54 Å². The summed E-state index contributed by atoms with van der Waals surface area (Å²) in [6.45, 7) is 0.405. The van der Waals surface area contributed by atoms with Crippen molar-refractivity contribution in [2.75, 3.05) is 19.6 Å². The highest BCUT2D eigenvalue weighted by molar-refractivity contribution is 5.78. The largest absolute Gasteiger partial charge is 0.389 e. The lowest BCUT2D eigenvalue weighted by Gasteiger charge is -2.14. The third-order valence-corrected chi connectivity index (χ3v) is 2.75. The number of aromatic nitrogens is 2. The number of nitrogens with zero attached hydrogens (tertiary/aromatic N) is 6. The highest BCUT2D eigenvalue weighted by atomic mass is 16.3. The van der Waals surface area contributed by atoms with Crippen LogP contribution in [0.1, 0.15) is 6.04 Å². The lowest BCUT2D eigenvalue weighted by Crippen LogP contribution is -2.31. The fourth-order valence-corrected chi connectivity index (χ4v) is 1.90. The Hall–Kier alpha value is -2.05. The number of carbonyl (C=O) groups is 1. The fourth-order valence-electron chi connectivity index (χ4n) is 1.90. The van der Waals surface area contributed by atoms with Gasteiger partial charge in [0, 0.05) is 30.4 Å². The van der Waals surface area contributed by atoms with E-state index in [-0.39, 0.29) is 25.0 Å². The lowest BCUT2D eigenvalue weighted by atomic mass is 10.2. The van der Waals surface area contributed by atoms with Crippen LogP contribution >= 0.6 is 0 Å². The van der Waals surface area contributed by atoms with Gasteiger partial charge >= 0.3 is 0 Å². The van der Waals surface area contributed by atoms with Gasteiger partial charge in [0.25, 0.3) is 0 Å². The smallest absolute Gasteiger partial charge is 0.228 e. The second kappa shape index (κ2) is 4.86. The number of amides is 1. The highest BCUT2D eigenvalue weighted by Gasteiger charge is 2.34. The van der Waals surface area contributed by atoms with Crippen molar-refractivity contribution in [1.29, 1.82) is 0 Å². The van der Waals surface area contributed by atoms with Gasteiger partial charge in [-0.05, 0) is 11.6 Å². The van der Waals surface area contributed by atoms with Gasteiger partial charge in [-0.3, -0.25) is 9.48 Å². The number of hydrogen-bond acceptors (Lipinski definition) is 4. The molecule has 0 unspecified atom stereocenters. The van der Waals surface area contributed by atoms with E-state index in [1.807, 2.05) is 0 Å². The van der Waals surface area contributed by atoms with Crippen LogP contribution in [-0.4, -0.2) is 51.4 Å². The zero-order valence-corrected chi connectivity index (χ0v) is 9.05. The second-order valence-electron chi connectivity index (χ2n) is 3.81. The Morgan fingerprint density at radius 2 is 2.47 bits per heavy atom. The van der Waals surface area contributed by atoms with Crippen LogP contribution < -0.4 is 0 Å². The summed E-state index contributed by atoms with van der Waals surface area (Å²) in [6, 6.07) is 1.52. The molecule has 1 aromatic rings. The molecular formula is C9H12N6O2. The van der Waals surface area contributed by atoms with Crippen molar-refractivity contribution in [1.82, 2.24) is 14.7 Å². The molecule has 0 aliphatic carbocycles. The number of hydrogen-bond donors (Lipinski definition) is 1. The van der Waals surface area contributed by atoms with Crippen LogP contribution in [0, 0.1) is 0 Å². The minimum absolute atomic E-state index is 0.213. The molecule has 0 radical (unpaired) electrons. The molecule has 90 valence electrons. The van der Waals surface area contributed by atoms with Gasteiger partial charge in [0.15, 0.2) is 0 Å². The van der Waals surface area contributed by atoms with E-state index in [1.54, 1.807) is 23.1 Å². The van der Waals surface area contributed by atoms with Crippen molar-refractivity contribution in [3.05, 3.63) is 28.9 Å². The predicted octanol–water partition coefficient (Wildman–Crippen LogP) is -0.0624. The van der Waals surface area contributed by atoms with Gasteiger partial charge in [0.2, 0.25) is 5.91 Å². The van der Waals surface area contributed by atoms with Gasteiger partial charge in [0.05, 0.1) is 12.1 Å². The van der Waals surface area contributed by atoms with Crippen LogP contribution in [0.5, 0.6) is 0 Å². The van der Waals surface area contributed by atoms with E-state index in [2.05, 4.69) is 15.1 Å². The monoisotopic (exact) mass is 236 g/mol. The summed E-state index contributed by atoms with van der Waals surface area (Å²) in [6.07, 6.45) is 2.72. The number of carbonyl (C=O) groups excluding carboxylic acids is 1. The molecule has 2 heterocycles. The minimum atomic E-state index is -0.648. The summed E-state index contributed by atoms with van der Waals surface area (Å²) in [7, 11) is 0. The first kappa shape index (κ1) is 11.4. The van der Waals surface area contributed by atoms with Crippen LogP contribution in [0.15, 0.2) is 23.6 Å². The first-order valence-corrected chi connectivity index (χ1v) is 5.18. The molecular weight excluding hydrogens is 224 g/mol. The molecule has 8 heteroatoms. The molecule has 1 aromatic heterocycles. The average molecular weight is 236 g/mol. The normalized spacial score (nSPS) is 23.5. The Morgan fingerprint density at radius 1 is 1.65 bits per heavy atom. The molecule has 0 aromatic carbocycles. The van der Waals surface area contributed by atoms with Gasteiger partial charge in [-0.15, -0.1) is 0 Å². The number of aliphatic hydroxyl groups is 1. The maximum Gasteiger partial charge on any atom is 0.228 e. The minimum Gasteiger partial charge on any atom is -0.389 e. The Kier molecular flexibility index (Phi) is 3.27. The third kappa shape index (κ3) is 2.38. The number of rotatable bonds is 3. The Balaban J connectivity index is 2.02. The summed E-state index contributed by atoms with van der Waals surface area (Å²) >= 11 is 0. The molecule has 2 atom stereocenters. The zero-order valence-electron chi connectivity index (χ0n) is 9.05. The topological polar surface area (TPSA) is 107 Å². The quantitative estimate of drug-likeness (QED) is 0.451. The van der Waals surface area contributed by atoms with E-state index in [0.717, 1.165) is 0 Å². The van der Waals surface area contributed by atoms with E-state index < -0.39 is 6.10 Å². The molecule has 1 amide bonds. The maximum absolute atomic E-state index is 11.6. The summed E-state index contributed by atoms with van der Waals surface area (Å²) in [5.41, 5.74) is 8.14. The number of azide groups is 1. The van der Waals surface area contributed by atoms with Crippen LogP contribution in [0.4, 0.5) is 0 Å². The van der Waals surface area contributed by atoms with Gasteiger partial charge in [-0.2, -0.15) is 5.10 Å². The summed E-state index contributed by atoms with van der Waals surface area (Å²) in [5, 5.41) is 17.1. The number of β-amino-alcohol motifs (C(OH)–C–C–N with tert-alkyl or cyclic N) is 1. The summed E-state index contributed by atoms with van der Waals surface area (Å²) in [5.74, 6) is -0.281. The van der Waals surface area contributed by atoms with Gasteiger partial charge < -0.3 is 10.0 Å². The molecule has 17 heavy (non-hydrogen) atoms. The standard InChI is InChI=1S/C9H12N6O2/c10-13-11-4-9(17)14-5-7(8(16)6-14)15-3-1-2-12-15/h1-3,7-8,16H,4-6H2/t7-,8+/m1/s1. The lowest BCUT2D eigenvalue weighted by molar-refractivity contribution is -0.129. The van der Waals surface area contributed by atoms with Crippen LogP contribution in [0.25, 0.3) is 10.4 Å². The predicted molar refractivity (Wildman–Crippen MR) is 57.9 cm³/mol. The van der Waals surface area contributed by atoms with E-state index in [9.17, 15) is 9.90 Å². The van der Waals surface area contributed by atoms with Crippen LogP contribution in [0.2, 0.25) is 0 Å². The van der Waals surface area contributed by atoms with Gasteiger partial charge in [-0.25, -0.2) is 0 Å². The first-order valence-electron chi connectivity index (χ1n) is 5.18. The molecule has 2 rings (SSSR count). The Bertz CT molecular complexity index is 438. The van der Waals surface area contributed by atoms with Crippen LogP contribution in [-0.2, 0) is 4.79 Å². The number of aliphatic hydroxyl groups excluding tert-OH is 1. The molecule has 1 aliphatic heterocycles. The highest BCUT2D eigenvalue weighted by Crippen LogP contribution is 2.21. The molecule has 0 saturated carbocycles. The Labute approximate surface area is 97.1 Å². The zero-order chi connectivity index (χ0) is 12.3. The van der Waals surface area contributed by atoms with Crippen molar-refractivity contribution >= 4 is 5.91 Å². The van der Waals surface area contributed by atoms with E-state index in [0.29, 0.717) is 6.54 Å². The fraction of sp³-hybridized carbons (Fsp3) is 0.556. The maximum atomic E-state index is 11.6. The molecule has 0 spiro atoms. The van der Waals surface area contributed by atoms with Crippen molar-refractivity contribution in [3.8, 4) is 0 Å². The number of likely N-dealkylation sites (tertiary alicyclic amines) is 1. The molecule has 8 nitrogen and oxygen atoms in total. The van der Waals surface area contributed by atoms with E-state index in [4.69, 9.17) is 5.53 Å². The third-order valence-electron chi connectivity index (χ3n) is 2.75. The molecule has 0 bridgehead atoms. The first-order chi connectivity index (χ1) is 8.22. The van der Waals surface area contributed by atoms with Crippen molar-refractivity contribution < 1.29 is 9.90 Å². The molecule has 1 fully saturated rings. The molecule has 1 N–H and O–H groups in total. The SMILES string of the molecule is [N-]=[N+]=NCC(=O)N1C[C@@H](n2cccn2)[C@@H](O)C1. The summed E-state index contributed by atoms with van der Waals surface area (Å²) < 4.78 is 1.63. The molecule has 1 saturated heterocycles. The van der Waals surface area contributed by atoms with Gasteiger partial charge in [-0.1, -0.05) is 5.11 Å². The average Bonchev–Trinajstić information content (AvgIpc) is 2.94. The van der Waals surface area contributed by atoms with E-state index in [1.165, 1.54) is 4.90 Å². The summed E-state index contributed by atoms with van der Waals surface area (Å²) in [4.78, 5) is 15.6.